The summed E-state index contributed by atoms with van der Waals surface area (Å²) in [4.78, 5) is 4.21. The molecule has 1 aromatic rings. The third kappa shape index (κ3) is 0.625. The van der Waals surface area contributed by atoms with Crippen LogP contribution in [0, 0.1) is 0 Å². The van der Waals surface area contributed by atoms with Gasteiger partial charge < -0.3 is 10.9 Å². The molecule has 2 heterocycles. The highest BCUT2D eigenvalue weighted by atomic mass is 15.4. The summed E-state index contributed by atoms with van der Waals surface area (Å²) >= 11 is 0. The van der Waals surface area contributed by atoms with E-state index in [-0.39, 0.29) is 0 Å². The minimum Gasteiger partial charge on any atom is -0.307 e. The first-order valence-electron chi connectivity index (χ1n) is 3.84. The topological polar surface area (TPSA) is 38.2 Å². The van der Waals surface area contributed by atoms with Crippen LogP contribution in [0.2, 0.25) is 0 Å². The number of benzene rings is 1. The van der Waals surface area contributed by atoms with Gasteiger partial charge in [0.15, 0.2) is 0 Å². The highest BCUT2D eigenvalue weighted by Gasteiger charge is 2.12. The number of fused-ring (bicyclic) bond motifs is 2. The van der Waals surface area contributed by atoms with Gasteiger partial charge in [0.05, 0.1) is 16.2 Å². The fourth-order valence-electron chi connectivity index (χ4n) is 1.49. The molecular formula is C9H7N3+. The van der Waals surface area contributed by atoms with Crippen molar-refractivity contribution in [3.8, 4) is 0 Å². The Morgan fingerprint density at radius 1 is 1.25 bits per heavy atom. The average molecular weight is 157 g/mol. The Morgan fingerprint density at radius 3 is 3.25 bits per heavy atom. The summed E-state index contributed by atoms with van der Waals surface area (Å²) in [6, 6.07) is 4.16. The van der Waals surface area contributed by atoms with E-state index in [0.29, 0.717) is 0 Å². The van der Waals surface area contributed by atoms with Crippen LogP contribution in [-0.4, -0.2) is 0 Å². The van der Waals surface area contributed by atoms with Crippen molar-refractivity contribution in [3.63, 3.8) is 0 Å². The van der Waals surface area contributed by atoms with Gasteiger partial charge in [0.1, 0.15) is 0 Å². The molecule has 0 aromatic heterocycles. The van der Waals surface area contributed by atoms with Gasteiger partial charge in [0.2, 0.25) is 6.20 Å². The lowest BCUT2D eigenvalue weighted by atomic mass is 10.2. The van der Waals surface area contributed by atoms with E-state index >= 15 is 0 Å². The van der Waals surface area contributed by atoms with Crippen molar-refractivity contribution in [1.82, 2.24) is 10.4 Å². The van der Waals surface area contributed by atoms with E-state index in [4.69, 9.17) is 0 Å². The first-order chi connectivity index (χ1) is 5.93. The zero-order chi connectivity index (χ0) is 7.97. The SMILES string of the molecule is C1=Cc2cc3c(cc2=[N+]1)NNC=3. The van der Waals surface area contributed by atoms with Crippen LogP contribution in [0.5, 0.6) is 0 Å². The number of rotatable bonds is 0. The molecule has 1 aromatic carbocycles. The molecule has 57 valence electrons. The van der Waals surface area contributed by atoms with Gasteiger partial charge in [-0.3, -0.25) is 0 Å². The molecule has 2 aliphatic heterocycles. The van der Waals surface area contributed by atoms with Crippen LogP contribution in [0.3, 0.4) is 0 Å². The Labute approximate surface area is 69.1 Å². The van der Waals surface area contributed by atoms with Crippen LogP contribution >= 0.6 is 0 Å². The fraction of sp³-hybridized carbons (Fsp3) is 0. The molecular weight excluding hydrogens is 150 g/mol. The average Bonchev–Trinajstić information content (AvgIpc) is 2.64. The molecule has 3 nitrogen and oxygen atoms in total. The second-order valence-corrected chi connectivity index (χ2v) is 2.86. The third-order valence-electron chi connectivity index (χ3n) is 2.10. The summed E-state index contributed by atoms with van der Waals surface area (Å²) in [5.41, 5.74) is 8.27. The lowest BCUT2D eigenvalue weighted by Crippen LogP contribution is -2.16. The molecule has 2 aliphatic rings. The van der Waals surface area contributed by atoms with Gasteiger partial charge in [0, 0.05) is 23.6 Å². The second kappa shape index (κ2) is 1.88. The van der Waals surface area contributed by atoms with Crippen molar-refractivity contribution in [2.45, 2.75) is 0 Å². The van der Waals surface area contributed by atoms with Gasteiger partial charge in [-0.2, -0.15) is 0 Å². The molecule has 0 saturated heterocycles. The third-order valence-corrected chi connectivity index (χ3v) is 2.10. The highest BCUT2D eigenvalue weighted by Crippen LogP contribution is 2.02. The zero-order valence-corrected chi connectivity index (χ0v) is 6.33. The number of hydrazine groups is 1. The lowest BCUT2D eigenvalue weighted by Gasteiger charge is -1.94. The number of anilines is 1. The Kier molecular flexibility index (Phi) is 0.913. The van der Waals surface area contributed by atoms with Gasteiger partial charge in [-0.1, -0.05) is 0 Å². The van der Waals surface area contributed by atoms with E-state index in [9.17, 15) is 0 Å². The second-order valence-electron chi connectivity index (χ2n) is 2.86. The summed E-state index contributed by atoms with van der Waals surface area (Å²) in [5.74, 6) is 0. The molecule has 0 spiro atoms. The molecule has 1 radical (unpaired) electrons. The monoisotopic (exact) mass is 157 g/mol. The molecule has 0 atom stereocenters. The maximum Gasteiger partial charge on any atom is 0.286 e. The predicted molar refractivity (Wildman–Crippen MR) is 47.2 cm³/mol. The Morgan fingerprint density at radius 2 is 2.25 bits per heavy atom. The zero-order valence-electron chi connectivity index (χ0n) is 6.33. The van der Waals surface area contributed by atoms with E-state index in [2.05, 4.69) is 21.9 Å². The van der Waals surface area contributed by atoms with Crippen molar-refractivity contribution < 1.29 is 0 Å². The normalized spacial score (nSPS) is 15.3. The first-order valence-corrected chi connectivity index (χ1v) is 3.84. The van der Waals surface area contributed by atoms with Gasteiger partial charge >= 0.3 is 0 Å². The molecule has 0 bridgehead atoms. The Balaban J connectivity index is 2.45. The summed E-state index contributed by atoms with van der Waals surface area (Å²) in [7, 11) is 0. The fourth-order valence-corrected chi connectivity index (χ4v) is 1.49. The summed E-state index contributed by atoms with van der Waals surface area (Å²) in [5, 5.41) is 2.23. The number of nitrogens with one attached hydrogen (secondary N) is 2. The van der Waals surface area contributed by atoms with Crippen LogP contribution in [-0.2, 0) is 0 Å². The van der Waals surface area contributed by atoms with E-state index < -0.39 is 0 Å². The number of hydrogen-bond donors (Lipinski definition) is 2. The van der Waals surface area contributed by atoms with Crippen molar-refractivity contribution in [2.24, 2.45) is 0 Å². The molecule has 0 amide bonds. The molecule has 3 rings (SSSR count). The number of nitrogens with zero attached hydrogens (tertiary/aromatic N) is 1. The van der Waals surface area contributed by atoms with E-state index in [1.807, 2.05) is 24.5 Å². The first kappa shape index (κ1) is 5.83. The Bertz CT molecular complexity index is 485. The van der Waals surface area contributed by atoms with E-state index in [1.165, 1.54) is 10.8 Å². The lowest BCUT2D eigenvalue weighted by molar-refractivity contribution is 1.16. The van der Waals surface area contributed by atoms with Gasteiger partial charge in [0.25, 0.3) is 5.36 Å². The minimum atomic E-state index is 1.04. The quantitative estimate of drug-likeness (QED) is 0.522. The van der Waals surface area contributed by atoms with Crippen LogP contribution < -0.4 is 26.4 Å². The molecule has 3 heteroatoms. The summed E-state index contributed by atoms with van der Waals surface area (Å²) in [6.07, 6.45) is 5.79. The van der Waals surface area contributed by atoms with Crippen LogP contribution in [0.1, 0.15) is 5.56 Å². The molecule has 0 unspecified atom stereocenters. The van der Waals surface area contributed by atoms with Crippen LogP contribution in [0.25, 0.3) is 12.3 Å². The van der Waals surface area contributed by atoms with E-state index in [0.717, 1.165) is 11.0 Å². The molecule has 0 fully saturated rings. The highest BCUT2D eigenvalue weighted by molar-refractivity contribution is 5.61. The van der Waals surface area contributed by atoms with Gasteiger partial charge in [-0.05, 0) is 6.07 Å². The van der Waals surface area contributed by atoms with E-state index in [1.54, 1.807) is 0 Å². The Hall–Kier alpha value is -1.77. The largest absolute Gasteiger partial charge is 0.307 e. The van der Waals surface area contributed by atoms with Crippen LogP contribution in [0.15, 0.2) is 18.3 Å². The smallest absolute Gasteiger partial charge is 0.286 e. The maximum atomic E-state index is 4.21. The molecule has 2 N–H and O–H groups in total. The standard InChI is InChI=1S/C9H7N3/c1-2-10-8-4-9-7(3-6(1)8)5-11-12-9/h1-5,11-12H/q+1. The van der Waals surface area contributed by atoms with Gasteiger partial charge in [-0.25, -0.2) is 0 Å². The summed E-state index contributed by atoms with van der Waals surface area (Å²) < 4.78 is 0. The van der Waals surface area contributed by atoms with Crippen LogP contribution in [0.4, 0.5) is 5.69 Å². The maximum absolute atomic E-state index is 4.21. The molecule has 0 saturated carbocycles. The summed E-state index contributed by atoms with van der Waals surface area (Å²) in [6.45, 7) is 0. The molecule has 12 heavy (non-hydrogen) atoms. The van der Waals surface area contributed by atoms with Crippen molar-refractivity contribution in [2.75, 3.05) is 5.43 Å². The number of hydrogen-bond acceptors (Lipinski definition) is 3. The predicted octanol–water partition coefficient (Wildman–Crippen LogP) is -0.706. The molecule has 0 aliphatic carbocycles. The van der Waals surface area contributed by atoms with Gasteiger partial charge in [-0.15, -0.1) is 0 Å². The van der Waals surface area contributed by atoms with Crippen molar-refractivity contribution in [1.29, 1.82) is 0 Å². The van der Waals surface area contributed by atoms with Crippen molar-refractivity contribution in [3.05, 3.63) is 34.5 Å². The minimum absolute atomic E-state index is 1.04. The van der Waals surface area contributed by atoms with Crippen molar-refractivity contribution >= 4 is 18.0 Å².